The molecule has 0 bridgehead atoms. The number of phosphoric ester groups is 1. The topological polar surface area (TPSA) is 181 Å². The molecule has 4 amide bonds. The average Bonchev–Trinajstić information content (AvgIpc) is 3.10. The molecule has 1 aliphatic rings. The van der Waals surface area contributed by atoms with Crippen LogP contribution in [0.5, 0.6) is 5.75 Å². The molecule has 1 unspecified atom stereocenters. The number of carbonyl (C=O) groups is 3. The average molecular weight is 797 g/mol. The summed E-state index contributed by atoms with van der Waals surface area (Å²) in [6.07, 6.45) is 0.765. The fraction of sp³-hybridized carbons (Fsp3) is 0.462. The van der Waals surface area contributed by atoms with E-state index < -0.39 is 44.6 Å². The maximum absolute atomic E-state index is 14.1. The van der Waals surface area contributed by atoms with Crippen LogP contribution < -0.4 is 89.6 Å². The van der Waals surface area contributed by atoms with Gasteiger partial charge < -0.3 is 49.2 Å². The van der Waals surface area contributed by atoms with Crippen molar-refractivity contribution >= 4 is 25.7 Å². The van der Waals surface area contributed by atoms with E-state index in [9.17, 15) is 28.7 Å². The Labute approximate surface area is 368 Å². The van der Waals surface area contributed by atoms with Crippen molar-refractivity contribution in [2.24, 2.45) is 5.92 Å². The summed E-state index contributed by atoms with van der Waals surface area (Å²) in [5.74, 6) is -0.331. The summed E-state index contributed by atoms with van der Waals surface area (Å²) in [5.41, 5.74) is 3.59. The fourth-order valence-corrected chi connectivity index (χ4v) is 6.93. The van der Waals surface area contributed by atoms with Crippen molar-refractivity contribution in [3.05, 3.63) is 101 Å². The number of hydrogen-bond donors (Lipinski definition) is 3. The van der Waals surface area contributed by atoms with Crippen molar-refractivity contribution in [3.8, 4) is 5.75 Å². The number of rotatable bonds is 20. The minimum absolute atomic E-state index is 0. The Morgan fingerprint density at radius 1 is 0.873 bits per heavy atom. The fourth-order valence-electron chi connectivity index (χ4n) is 6.63. The third kappa shape index (κ3) is 16.6. The molecular formula is C39H51N4Na2O9P. The molecule has 3 aromatic carbocycles. The summed E-state index contributed by atoms with van der Waals surface area (Å²) >= 11 is 0. The van der Waals surface area contributed by atoms with Crippen molar-refractivity contribution in [2.45, 2.75) is 77.6 Å². The molecule has 1 fully saturated rings. The van der Waals surface area contributed by atoms with E-state index in [2.05, 4.69) is 20.5 Å². The Kier molecular flexibility index (Phi) is 21.8. The van der Waals surface area contributed by atoms with E-state index in [0.29, 0.717) is 38.1 Å². The first-order chi connectivity index (χ1) is 25.3. The van der Waals surface area contributed by atoms with Crippen LogP contribution in [0.2, 0.25) is 0 Å². The van der Waals surface area contributed by atoms with Crippen LogP contribution in [0.4, 0.5) is 4.79 Å². The smallest absolute Gasteiger partial charge is 0.790 e. The standard InChI is InChI=1S/C39H53N4O9P.2Na/c1-27(2)36(43-20-12-19-40-39(43)46)38(45)41-32(23-30-15-7-5-8-16-30)25-34(50-21-22-52-53(47,48)49)33(24-31-17-9-6-10-18-31)42-35(44)26-51-37-28(3)13-11-14-29(37)4;;/h5-11,13-18,27,32-34,36H,12,19-26H2,1-4H3,(H,40,46)(H,41,45)(H,42,44)(H2,47,48,49);;/q;2*+1/p-2/t32-,33-,34?,36-;;/m0../s1. The van der Waals surface area contributed by atoms with Gasteiger partial charge in [0.2, 0.25) is 5.91 Å². The van der Waals surface area contributed by atoms with E-state index in [1.807, 2.05) is 107 Å². The zero-order valence-electron chi connectivity index (χ0n) is 32.8. The zero-order valence-corrected chi connectivity index (χ0v) is 37.7. The van der Waals surface area contributed by atoms with Gasteiger partial charge in [-0.25, -0.2) is 4.79 Å². The third-order valence-corrected chi connectivity index (χ3v) is 9.55. The SMILES string of the molecule is Cc1cccc(C)c1OCC(=O)N[C@@H](Cc1ccccc1)C(C[C@H](Cc1ccccc1)NC(=O)[C@H](C(C)C)N1CCCNC1=O)OCCOP(=O)([O-])[O-].[Na+].[Na+]. The summed E-state index contributed by atoms with van der Waals surface area (Å²) in [7, 11) is -5.27. The maximum Gasteiger partial charge on any atom is 1.00 e. The molecule has 4 atom stereocenters. The first kappa shape index (κ1) is 48.9. The number of ether oxygens (including phenoxy) is 2. The van der Waals surface area contributed by atoms with Crippen molar-refractivity contribution in [2.75, 3.05) is 32.9 Å². The minimum Gasteiger partial charge on any atom is -0.790 e. The molecule has 1 heterocycles. The van der Waals surface area contributed by atoms with Gasteiger partial charge in [-0.1, -0.05) is 92.7 Å². The van der Waals surface area contributed by atoms with Gasteiger partial charge in [-0.05, 0) is 67.7 Å². The van der Waals surface area contributed by atoms with Crippen LogP contribution >= 0.6 is 7.82 Å². The van der Waals surface area contributed by atoms with Gasteiger partial charge in [-0.2, -0.15) is 0 Å². The quantitative estimate of drug-likeness (QED) is 0.0619. The number of nitrogens with zero attached hydrogens (tertiary/aromatic N) is 1. The maximum atomic E-state index is 14.1. The molecule has 0 aliphatic carbocycles. The number of nitrogens with one attached hydrogen (secondary N) is 3. The number of hydrogen-bond acceptors (Lipinski definition) is 9. The number of benzene rings is 3. The minimum atomic E-state index is -5.27. The molecule has 0 radical (unpaired) electrons. The van der Waals surface area contributed by atoms with E-state index in [1.54, 1.807) is 4.90 Å². The number of urea groups is 1. The van der Waals surface area contributed by atoms with Crippen LogP contribution in [0.1, 0.15) is 48.9 Å². The summed E-state index contributed by atoms with van der Waals surface area (Å²) in [5, 5.41) is 9.09. The van der Waals surface area contributed by atoms with Gasteiger partial charge in [-0.3, -0.25) is 9.59 Å². The van der Waals surface area contributed by atoms with E-state index in [-0.39, 0.29) is 96.6 Å². The predicted octanol–water partition coefficient (Wildman–Crippen LogP) is -2.79. The summed E-state index contributed by atoms with van der Waals surface area (Å²) in [6.45, 7) is 7.47. The van der Waals surface area contributed by atoms with Crippen LogP contribution in [0.25, 0.3) is 0 Å². The third-order valence-electron chi connectivity index (χ3n) is 9.05. The monoisotopic (exact) mass is 796 g/mol. The van der Waals surface area contributed by atoms with Crippen molar-refractivity contribution in [1.82, 2.24) is 20.9 Å². The van der Waals surface area contributed by atoms with Crippen LogP contribution in [0, 0.1) is 19.8 Å². The van der Waals surface area contributed by atoms with Gasteiger partial charge in [0.15, 0.2) is 6.61 Å². The summed E-state index contributed by atoms with van der Waals surface area (Å²) in [6, 6.07) is 22.4. The van der Waals surface area contributed by atoms with Crippen LogP contribution in [0.3, 0.4) is 0 Å². The second-order valence-corrected chi connectivity index (χ2v) is 14.8. The molecule has 16 heteroatoms. The largest absolute Gasteiger partial charge is 1.00 e. The van der Waals surface area contributed by atoms with Gasteiger partial charge in [0, 0.05) is 19.1 Å². The second kappa shape index (κ2) is 24.5. The van der Waals surface area contributed by atoms with Crippen molar-refractivity contribution < 1.29 is 102 Å². The molecule has 1 aliphatic heterocycles. The predicted molar refractivity (Wildman–Crippen MR) is 197 cm³/mol. The molecular weight excluding hydrogens is 745 g/mol. The Balaban J connectivity index is 0.00000523. The Morgan fingerprint density at radius 2 is 1.47 bits per heavy atom. The van der Waals surface area contributed by atoms with Gasteiger partial charge in [0.05, 0.1) is 33.2 Å². The van der Waals surface area contributed by atoms with Crippen molar-refractivity contribution in [3.63, 3.8) is 0 Å². The Hall–Kier alpha value is -2.26. The first-order valence-electron chi connectivity index (χ1n) is 18.0. The van der Waals surface area contributed by atoms with E-state index in [1.165, 1.54) is 0 Å². The number of para-hydroxylation sites is 1. The molecule has 1 saturated heterocycles. The molecule has 4 rings (SSSR count). The first-order valence-corrected chi connectivity index (χ1v) is 19.5. The Morgan fingerprint density at radius 3 is 2.04 bits per heavy atom. The molecule has 0 spiro atoms. The molecule has 55 heavy (non-hydrogen) atoms. The Bertz CT molecular complexity index is 1660. The summed E-state index contributed by atoms with van der Waals surface area (Å²) < 4.78 is 27.9. The number of aryl methyl sites for hydroxylation is 2. The number of amides is 4. The number of carbonyl (C=O) groups excluding carboxylic acids is 3. The molecule has 0 aromatic heterocycles. The van der Waals surface area contributed by atoms with Crippen LogP contribution in [-0.4, -0.2) is 79.9 Å². The molecule has 13 nitrogen and oxygen atoms in total. The van der Waals surface area contributed by atoms with E-state index in [0.717, 1.165) is 22.3 Å². The van der Waals surface area contributed by atoms with Crippen molar-refractivity contribution in [1.29, 1.82) is 0 Å². The van der Waals surface area contributed by atoms with Gasteiger partial charge in [0.25, 0.3) is 5.91 Å². The molecule has 3 N–H and O–H groups in total. The summed E-state index contributed by atoms with van der Waals surface area (Å²) in [4.78, 5) is 64.6. The van der Waals surface area contributed by atoms with Gasteiger partial charge in [0.1, 0.15) is 11.8 Å². The van der Waals surface area contributed by atoms with Gasteiger partial charge in [-0.15, -0.1) is 0 Å². The van der Waals surface area contributed by atoms with Gasteiger partial charge >= 0.3 is 65.1 Å². The van der Waals surface area contributed by atoms with E-state index >= 15 is 0 Å². The van der Waals surface area contributed by atoms with Crippen LogP contribution in [-0.2, 0) is 36.3 Å². The molecule has 3 aromatic rings. The second-order valence-electron chi connectivity index (χ2n) is 13.7. The normalized spacial score (nSPS) is 15.0. The molecule has 0 saturated carbocycles. The number of phosphoric acid groups is 1. The zero-order chi connectivity index (χ0) is 38.4. The van der Waals surface area contributed by atoms with Crippen LogP contribution in [0.15, 0.2) is 78.9 Å². The molecule has 288 valence electrons. The van der Waals surface area contributed by atoms with E-state index in [4.69, 9.17) is 9.47 Å².